The summed E-state index contributed by atoms with van der Waals surface area (Å²) in [4.78, 5) is 0. The Bertz CT molecular complexity index is 300. The standard InChI is InChI=1S/C10H14BrFN2/c1-2-8(14-13)5-7-3-4-10(12)9(11)6-7/h3-4,6,8,14H,2,5,13H2,1H3. The van der Waals surface area contributed by atoms with Gasteiger partial charge in [0.1, 0.15) is 5.82 Å². The summed E-state index contributed by atoms with van der Waals surface area (Å²) in [5.74, 6) is 5.13. The van der Waals surface area contributed by atoms with Crippen LogP contribution in [0.5, 0.6) is 0 Å². The van der Waals surface area contributed by atoms with Crippen LogP contribution in [0.25, 0.3) is 0 Å². The lowest BCUT2D eigenvalue weighted by molar-refractivity contribution is 0.510. The highest BCUT2D eigenvalue weighted by atomic mass is 79.9. The Morgan fingerprint density at radius 2 is 2.29 bits per heavy atom. The van der Waals surface area contributed by atoms with E-state index < -0.39 is 0 Å². The normalized spacial score (nSPS) is 12.9. The molecule has 1 unspecified atom stereocenters. The van der Waals surface area contributed by atoms with Gasteiger partial charge in [0, 0.05) is 6.04 Å². The molecule has 1 aromatic carbocycles. The number of halogens is 2. The van der Waals surface area contributed by atoms with E-state index in [2.05, 4.69) is 28.3 Å². The molecule has 0 aliphatic heterocycles. The van der Waals surface area contributed by atoms with Gasteiger partial charge < -0.3 is 0 Å². The van der Waals surface area contributed by atoms with Crippen molar-refractivity contribution in [2.75, 3.05) is 0 Å². The fourth-order valence-electron chi connectivity index (χ4n) is 1.27. The summed E-state index contributed by atoms with van der Waals surface area (Å²) in [5, 5.41) is 0. The monoisotopic (exact) mass is 260 g/mol. The Kier molecular flexibility index (Phi) is 4.51. The molecular weight excluding hydrogens is 247 g/mol. The number of nitrogens with one attached hydrogen (secondary N) is 1. The van der Waals surface area contributed by atoms with Gasteiger partial charge >= 0.3 is 0 Å². The van der Waals surface area contributed by atoms with E-state index in [0.29, 0.717) is 4.47 Å². The molecule has 0 amide bonds. The molecule has 1 rings (SSSR count). The van der Waals surface area contributed by atoms with Crippen LogP contribution in [-0.2, 0) is 6.42 Å². The average Bonchev–Trinajstić information content (AvgIpc) is 2.19. The molecule has 0 saturated carbocycles. The Labute approximate surface area is 91.8 Å². The molecule has 2 nitrogen and oxygen atoms in total. The zero-order chi connectivity index (χ0) is 10.6. The van der Waals surface area contributed by atoms with Gasteiger partial charge in [-0.15, -0.1) is 0 Å². The number of rotatable bonds is 4. The Balaban J connectivity index is 2.72. The van der Waals surface area contributed by atoms with Crippen molar-refractivity contribution in [2.24, 2.45) is 5.84 Å². The van der Waals surface area contributed by atoms with Gasteiger partial charge in [0.2, 0.25) is 0 Å². The Morgan fingerprint density at radius 3 is 2.79 bits per heavy atom. The zero-order valence-corrected chi connectivity index (χ0v) is 9.64. The highest BCUT2D eigenvalue weighted by molar-refractivity contribution is 9.10. The maximum absolute atomic E-state index is 12.9. The topological polar surface area (TPSA) is 38.0 Å². The second-order valence-electron chi connectivity index (χ2n) is 3.22. The van der Waals surface area contributed by atoms with Crippen molar-refractivity contribution in [2.45, 2.75) is 25.8 Å². The zero-order valence-electron chi connectivity index (χ0n) is 8.06. The highest BCUT2D eigenvalue weighted by Gasteiger charge is 2.06. The van der Waals surface area contributed by atoms with Crippen molar-refractivity contribution in [3.8, 4) is 0 Å². The van der Waals surface area contributed by atoms with E-state index in [1.807, 2.05) is 0 Å². The van der Waals surface area contributed by atoms with E-state index in [1.165, 1.54) is 6.07 Å². The minimum atomic E-state index is -0.234. The molecule has 1 atom stereocenters. The molecule has 1 aromatic rings. The van der Waals surface area contributed by atoms with Crippen LogP contribution >= 0.6 is 15.9 Å². The summed E-state index contributed by atoms with van der Waals surface area (Å²) in [6.07, 6.45) is 1.76. The first kappa shape index (κ1) is 11.6. The third-order valence-corrected chi connectivity index (χ3v) is 2.80. The van der Waals surface area contributed by atoms with E-state index >= 15 is 0 Å². The largest absolute Gasteiger partial charge is 0.271 e. The van der Waals surface area contributed by atoms with Gasteiger partial charge in [0.15, 0.2) is 0 Å². The van der Waals surface area contributed by atoms with Crippen molar-refractivity contribution in [3.63, 3.8) is 0 Å². The summed E-state index contributed by atoms with van der Waals surface area (Å²) in [7, 11) is 0. The van der Waals surface area contributed by atoms with Gasteiger partial charge in [-0.2, -0.15) is 0 Å². The molecule has 0 fully saturated rings. The van der Waals surface area contributed by atoms with Crippen LogP contribution in [-0.4, -0.2) is 6.04 Å². The number of hydrogen-bond acceptors (Lipinski definition) is 2. The van der Waals surface area contributed by atoms with Crippen molar-refractivity contribution in [1.29, 1.82) is 0 Å². The third kappa shape index (κ3) is 3.04. The fourth-order valence-corrected chi connectivity index (χ4v) is 1.70. The summed E-state index contributed by atoms with van der Waals surface area (Å²) in [6, 6.07) is 5.27. The van der Waals surface area contributed by atoms with Gasteiger partial charge in [-0.05, 0) is 46.5 Å². The second-order valence-corrected chi connectivity index (χ2v) is 4.08. The second kappa shape index (κ2) is 5.44. The molecule has 78 valence electrons. The molecule has 0 radical (unpaired) electrons. The minimum Gasteiger partial charge on any atom is -0.271 e. The first-order valence-corrected chi connectivity index (χ1v) is 5.36. The minimum absolute atomic E-state index is 0.234. The molecule has 0 spiro atoms. The molecule has 0 bridgehead atoms. The Hall–Kier alpha value is -0.450. The van der Waals surface area contributed by atoms with Gasteiger partial charge in [-0.3, -0.25) is 11.3 Å². The van der Waals surface area contributed by atoms with Crippen LogP contribution in [0.4, 0.5) is 4.39 Å². The van der Waals surface area contributed by atoms with Crippen molar-refractivity contribution >= 4 is 15.9 Å². The number of hydrazine groups is 1. The predicted octanol–water partition coefficient (Wildman–Crippen LogP) is 2.37. The van der Waals surface area contributed by atoms with Crippen LogP contribution < -0.4 is 11.3 Å². The molecule has 0 aliphatic carbocycles. The van der Waals surface area contributed by atoms with E-state index in [1.54, 1.807) is 12.1 Å². The lowest BCUT2D eigenvalue weighted by Crippen LogP contribution is -2.36. The van der Waals surface area contributed by atoms with Gasteiger partial charge in [-0.25, -0.2) is 4.39 Å². The molecule has 0 aromatic heterocycles. The van der Waals surface area contributed by atoms with Crippen LogP contribution in [0.1, 0.15) is 18.9 Å². The molecule has 0 aliphatic rings. The van der Waals surface area contributed by atoms with E-state index in [4.69, 9.17) is 5.84 Å². The maximum atomic E-state index is 12.9. The van der Waals surface area contributed by atoms with Crippen molar-refractivity contribution in [3.05, 3.63) is 34.1 Å². The average molecular weight is 261 g/mol. The molecule has 14 heavy (non-hydrogen) atoms. The van der Waals surface area contributed by atoms with Crippen molar-refractivity contribution in [1.82, 2.24) is 5.43 Å². The first-order chi connectivity index (χ1) is 6.67. The summed E-state index contributed by atoms with van der Waals surface area (Å²) < 4.78 is 13.4. The van der Waals surface area contributed by atoms with E-state index in [9.17, 15) is 4.39 Å². The third-order valence-electron chi connectivity index (χ3n) is 2.19. The summed E-state index contributed by atoms with van der Waals surface area (Å²) >= 11 is 3.15. The Morgan fingerprint density at radius 1 is 1.57 bits per heavy atom. The maximum Gasteiger partial charge on any atom is 0.137 e. The summed E-state index contributed by atoms with van der Waals surface area (Å²) in [6.45, 7) is 2.06. The van der Waals surface area contributed by atoms with Crippen molar-refractivity contribution < 1.29 is 4.39 Å². The van der Waals surface area contributed by atoms with Gasteiger partial charge in [0.05, 0.1) is 4.47 Å². The molecular formula is C10H14BrFN2. The fraction of sp³-hybridized carbons (Fsp3) is 0.400. The number of benzene rings is 1. The van der Waals surface area contributed by atoms with Crippen LogP contribution in [0, 0.1) is 5.82 Å². The predicted molar refractivity (Wildman–Crippen MR) is 59.2 cm³/mol. The molecule has 4 heteroatoms. The van der Waals surface area contributed by atoms with Gasteiger partial charge in [-0.1, -0.05) is 13.0 Å². The smallest absolute Gasteiger partial charge is 0.137 e. The number of nitrogens with two attached hydrogens (primary N) is 1. The molecule has 0 saturated heterocycles. The summed E-state index contributed by atoms with van der Waals surface area (Å²) in [5.41, 5.74) is 3.80. The van der Waals surface area contributed by atoms with Crippen LogP contribution in [0.3, 0.4) is 0 Å². The molecule has 3 N–H and O–H groups in total. The highest BCUT2D eigenvalue weighted by Crippen LogP contribution is 2.18. The van der Waals surface area contributed by atoms with E-state index in [-0.39, 0.29) is 11.9 Å². The SMILES string of the molecule is CCC(Cc1ccc(F)c(Br)c1)NN. The quantitative estimate of drug-likeness (QED) is 0.645. The van der Waals surface area contributed by atoms with Crippen LogP contribution in [0.2, 0.25) is 0 Å². The molecule has 0 heterocycles. The lowest BCUT2D eigenvalue weighted by Gasteiger charge is -2.13. The lowest BCUT2D eigenvalue weighted by atomic mass is 10.0. The first-order valence-electron chi connectivity index (χ1n) is 4.57. The number of hydrogen-bond donors (Lipinski definition) is 2. The van der Waals surface area contributed by atoms with Gasteiger partial charge in [0.25, 0.3) is 0 Å². The van der Waals surface area contributed by atoms with Crippen LogP contribution in [0.15, 0.2) is 22.7 Å². The van der Waals surface area contributed by atoms with E-state index in [0.717, 1.165) is 18.4 Å².